The largest absolute Gasteiger partial charge is 0.459 e. The highest BCUT2D eigenvalue weighted by molar-refractivity contribution is 6.06. The first kappa shape index (κ1) is 19.4. The highest BCUT2D eigenvalue weighted by Gasteiger charge is 2.23. The molecule has 0 aliphatic carbocycles. The minimum atomic E-state index is -2.91. The number of carbonyl (C=O) groups is 2. The molecule has 2 rings (SSSR count). The van der Waals surface area contributed by atoms with Gasteiger partial charge in [-0.3, -0.25) is 4.79 Å². The summed E-state index contributed by atoms with van der Waals surface area (Å²) in [5.74, 6) is -0.973. The van der Waals surface area contributed by atoms with E-state index in [0.717, 1.165) is 0 Å². The molecule has 0 saturated heterocycles. The number of H-pyrrole nitrogens is 1. The van der Waals surface area contributed by atoms with Crippen molar-refractivity contribution in [3.63, 3.8) is 0 Å². The molecule has 8 heteroatoms. The Bertz CT molecular complexity index is 798. The number of hydrogen-bond donors (Lipinski definition) is 2. The minimum Gasteiger partial charge on any atom is -0.459 e. The lowest BCUT2D eigenvalue weighted by Crippen LogP contribution is -2.15. The van der Waals surface area contributed by atoms with Gasteiger partial charge in [0.2, 0.25) is 0 Å². The molecule has 0 fully saturated rings. The second kappa shape index (κ2) is 7.99. The molecule has 26 heavy (non-hydrogen) atoms. The number of hydrogen-bond acceptors (Lipinski definition) is 4. The first-order valence-corrected chi connectivity index (χ1v) is 7.95. The van der Waals surface area contributed by atoms with Crippen LogP contribution in [0.4, 0.5) is 14.5 Å². The van der Waals surface area contributed by atoms with E-state index in [1.54, 1.807) is 27.7 Å². The molecular weight excluding hydrogens is 346 g/mol. The summed E-state index contributed by atoms with van der Waals surface area (Å²) in [6.07, 6.45) is -0.276. The number of ether oxygens (including phenoxy) is 2. The zero-order valence-corrected chi connectivity index (χ0v) is 14.9. The third-order valence-electron chi connectivity index (χ3n) is 3.55. The predicted octanol–water partition coefficient (Wildman–Crippen LogP) is 4.05. The number of aromatic amines is 1. The van der Waals surface area contributed by atoms with Gasteiger partial charge in [-0.25, -0.2) is 4.79 Å². The summed E-state index contributed by atoms with van der Waals surface area (Å²) in [4.78, 5) is 27.5. The Kier molecular flexibility index (Phi) is 5.97. The molecule has 0 unspecified atom stereocenters. The molecule has 140 valence electrons. The van der Waals surface area contributed by atoms with Crippen molar-refractivity contribution in [2.75, 3.05) is 5.32 Å². The van der Waals surface area contributed by atoms with Crippen molar-refractivity contribution in [3.8, 4) is 5.75 Å². The van der Waals surface area contributed by atoms with Gasteiger partial charge in [0.1, 0.15) is 11.4 Å². The van der Waals surface area contributed by atoms with Gasteiger partial charge in [-0.05, 0) is 57.5 Å². The van der Waals surface area contributed by atoms with Crippen LogP contribution in [0.15, 0.2) is 24.3 Å². The van der Waals surface area contributed by atoms with Crippen LogP contribution in [0.3, 0.4) is 0 Å². The third kappa shape index (κ3) is 4.59. The number of aromatic nitrogens is 1. The predicted molar refractivity (Wildman–Crippen MR) is 91.8 cm³/mol. The number of alkyl halides is 2. The molecule has 1 aromatic heterocycles. The lowest BCUT2D eigenvalue weighted by Gasteiger charge is -2.09. The number of esters is 1. The highest BCUT2D eigenvalue weighted by atomic mass is 19.3. The summed E-state index contributed by atoms with van der Waals surface area (Å²) < 4.78 is 33.7. The van der Waals surface area contributed by atoms with Crippen molar-refractivity contribution < 1.29 is 27.8 Å². The molecule has 0 bridgehead atoms. The van der Waals surface area contributed by atoms with E-state index in [-0.39, 0.29) is 17.5 Å². The van der Waals surface area contributed by atoms with Crippen LogP contribution in [0.2, 0.25) is 0 Å². The van der Waals surface area contributed by atoms with E-state index in [0.29, 0.717) is 22.5 Å². The van der Waals surface area contributed by atoms with Gasteiger partial charge in [-0.15, -0.1) is 0 Å². The average molecular weight is 366 g/mol. The van der Waals surface area contributed by atoms with Crippen LogP contribution in [0.1, 0.15) is 46.0 Å². The van der Waals surface area contributed by atoms with Gasteiger partial charge >= 0.3 is 12.6 Å². The van der Waals surface area contributed by atoms with Gasteiger partial charge in [0.15, 0.2) is 0 Å². The molecule has 1 heterocycles. The molecule has 1 aromatic carbocycles. The summed E-state index contributed by atoms with van der Waals surface area (Å²) in [7, 11) is 0. The van der Waals surface area contributed by atoms with Crippen LogP contribution in [-0.2, 0) is 4.74 Å². The number of nitrogens with one attached hydrogen (secondary N) is 2. The first-order valence-electron chi connectivity index (χ1n) is 7.95. The second-order valence-electron chi connectivity index (χ2n) is 5.94. The Balaban J connectivity index is 2.16. The van der Waals surface area contributed by atoms with E-state index < -0.39 is 18.5 Å². The quantitative estimate of drug-likeness (QED) is 0.756. The molecule has 0 radical (unpaired) electrons. The van der Waals surface area contributed by atoms with Crippen LogP contribution in [0.25, 0.3) is 0 Å². The summed E-state index contributed by atoms with van der Waals surface area (Å²) in [6.45, 7) is 3.89. The maximum absolute atomic E-state index is 12.5. The number of halogens is 2. The van der Waals surface area contributed by atoms with Gasteiger partial charge in [0.25, 0.3) is 5.91 Å². The third-order valence-corrected chi connectivity index (χ3v) is 3.55. The standard InChI is InChI=1S/C18H20F2N2O4/c1-9(2)25-17(24)14-10(3)15(21-11(14)4)16(23)22-12-5-7-13(8-6-12)26-18(19)20/h5-9,18,21H,1-4H3,(H,22,23). The number of aryl methyl sites for hydroxylation is 1. The maximum Gasteiger partial charge on any atom is 0.387 e. The van der Waals surface area contributed by atoms with Crippen molar-refractivity contribution in [2.24, 2.45) is 0 Å². The lowest BCUT2D eigenvalue weighted by atomic mass is 10.1. The Morgan fingerprint density at radius 3 is 2.27 bits per heavy atom. The molecule has 0 atom stereocenters. The molecule has 6 nitrogen and oxygen atoms in total. The van der Waals surface area contributed by atoms with Gasteiger partial charge < -0.3 is 19.8 Å². The first-order chi connectivity index (χ1) is 12.2. The lowest BCUT2D eigenvalue weighted by molar-refractivity contribution is -0.0498. The number of rotatable bonds is 6. The smallest absolute Gasteiger partial charge is 0.387 e. The highest BCUT2D eigenvalue weighted by Crippen LogP contribution is 2.22. The van der Waals surface area contributed by atoms with E-state index in [1.807, 2.05) is 0 Å². The van der Waals surface area contributed by atoms with Crippen molar-refractivity contribution in [1.29, 1.82) is 0 Å². The monoisotopic (exact) mass is 366 g/mol. The number of anilines is 1. The molecule has 2 N–H and O–H groups in total. The zero-order chi connectivity index (χ0) is 19.4. The normalized spacial score (nSPS) is 10.9. The average Bonchev–Trinajstić information content (AvgIpc) is 2.83. The van der Waals surface area contributed by atoms with Crippen LogP contribution in [-0.4, -0.2) is 29.6 Å². The topological polar surface area (TPSA) is 80.4 Å². The van der Waals surface area contributed by atoms with E-state index >= 15 is 0 Å². The Morgan fingerprint density at radius 2 is 1.73 bits per heavy atom. The fourth-order valence-corrected chi connectivity index (χ4v) is 2.47. The summed E-state index contributed by atoms with van der Waals surface area (Å²) in [5, 5.41) is 2.63. The molecule has 2 aromatic rings. The van der Waals surface area contributed by atoms with E-state index in [9.17, 15) is 18.4 Å². The maximum atomic E-state index is 12.5. The van der Waals surface area contributed by atoms with Gasteiger partial charge in [0.05, 0.1) is 11.7 Å². The van der Waals surface area contributed by atoms with Gasteiger partial charge in [-0.1, -0.05) is 0 Å². The van der Waals surface area contributed by atoms with Crippen molar-refractivity contribution in [1.82, 2.24) is 4.98 Å². The second-order valence-corrected chi connectivity index (χ2v) is 5.94. The fourth-order valence-electron chi connectivity index (χ4n) is 2.47. The molecular formula is C18H20F2N2O4. The van der Waals surface area contributed by atoms with Gasteiger partial charge in [0, 0.05) is 11.4 Å². The molecule has 0 saturated carbocycles. The summed E-state index contributed by atoms with van der Waals surface area (Å²) >= 11 is 0. The number of amides is 1. The molecule has 1 amide bonds. The SMILES string of the molecule is Cc1[nH]c(C(=O)Nc2ccc(OC(F)F)cc2)c(C)c1C(=O)OC(C)C. The van der Waals surface area contributed by atoms with Gasteiger partial charge in [-0.2, -0.15) is 8.78 Å². The summed E-state index contributed by atoms with van der Waals surface area (Å²) in [5.41, 5.74) is 1.95. The van der Waals surface area contributed by atoms with Crippen LogP contribution < -0.4 is 10.1 Å². The fraction of sp³-hybridized carbons (Fsp3) is 0.333. The van der Waals surface area contributed by atoms with Crippen molar-refractivity contribution >= 4 is 17.6 Å². The zero-order valence-electron chi connectivity index (χ0n) is 14.9. The van der Waals surface area contributed by atoms with E-state index in [2.05, 4.69) is 15.0 Å². The Labute approximate surface area is 149 Å². The Morgan fingerprint density at radius 1 is 1.12 bits per heavy atom. The number of benzene rings is 1. The minimum absolute atomic E-state index is 0.0105. The van der Waals surface area contributed by atoms with Crippen LogP contribution in [0.5, 0.6) is 5.75 Å². The molecule has 0 spiro atoms. The van der Waals surface area contributed by atoms with E-state index in [1.165, 1.54) is 24.3 Å². The molecule has 0 aliphatic rings. The van der Waals surface area contributed by atoms with Crippen LogP contribution in [0, 0.1) is 13.8 Å². The summed E-state index contributed by atoms with van der Waals surface area (Å²) in [6, 6.07) is 5.52. The number of carbonyl (C=O) groups excluding carboxylic acids is 2. The van der Waals surface area contributed by atoms with E-state index in [4.69, 9.17) is 4.74 Å². The van der Waals surface area contributed by atoms with Crippen molar-refractivity contribution in [3.05, 3.63) is 46.8 Å². The van der Waals surface area contributed by atoms with Crippen molar-refractivity contribution in [2.45, 2.75) is 40.4 Å². The molecule has 0 aliphatic heterocycles. The Hall–Kier alpha value is -2.90. The van der Waals surface area contributed by atoms with Crippen LogP contribution >= 0.6 is 0 Å².